The predicted octanol–water partition coefficient (Wildman–Crippen LogP) is 6.64. The van der Waals surface area contributed by atoms with Gasteiger partial charge in [0.25, 0.3) is 0 Å². The van der Waals surface area contributed by atoms with Crippen LogP contribution in [0.5, 0.6) is 0 Å². The van der Waals surface area contributed by atoms with E-state index >= 15 is 0 Å². The fourth-order valence-electron chi connectivity index (χ4n) is 3.78. The van der Waals surface area contributed by atoms with Crippen LogP contribution in [0.2, 0.25) is 0 Å². The number of benzene rings is 2. The van der Waals surface area contributed by atoms with Crippen LogP contribution in [0.15, 0.2) is 36.4 Å². The Hall–Kier alpha value is -3.82. The average Bonchev–Trinajstić information content (AvgIpc) is 2.87. The van der Waals surface area contributed by atoms with E-state index in [0.717, 1.165) is 44.6 Å². The van der Waals surface area contributed by atoms with Gasteiger partial charge in [-0.2, -0.15) is 0 Å². The van der Waals surface area contributed by atoms with Gasteiger partial charge in [0.05, 0.1) is 28.6 Å². The Balaban J connectivity index is 2.51. The third kappa shape index (κ3) is 7.59. The third-order valence-corrected chi connectivity index (χ3v) is 5.64. The molecule has 0 heterocycles. The Kier molecular flexibility index (Phi) is 11.5. The number of hydrogen-bond donors (Lipinski definition) is 0. The molecule has 0 unspecified atom stereocenters. The molecule has 2 aromatic rings. The minimum absolute atomic E-state index is 0.00982. The first-order valence-electron chi connectivity index (χ1n) is 12.2. The van der Waals surface area contributed by atoms with Gasteiger partial charge in [0, 0.05) is 11.6 Å². The van der Waals surface area contributed by atoms with Crippen LogP contribution >= 0.6 is 0 Å². The van der Waals surface area contributed by atoms with E-state index in [1.54, 1.807) is 12.1 Å². The van der Waals surface area contributed by atoms with Crippen molar-refractivity contribution in [3.63, 3.8) is 0 Å². The van der Waals surface area contributed by atoms with E-state index in [9.17, 15) is 29.8 Å². The van der Waals surface area contributed by atoms with E-state index < -0.39 is 38.7 Å². The van der Waals surface area contributed by atoms with Crippen LogP contribution in [0.1, 0.15) is 85.9 Å². The lowest BCUT2D eigenvalue weighted by molar-refractivity contribution is -0.422. The number of nitro benzene ring substituents is 2. The van der Waals surface area contributed by atoms with E-state index in [4.69, 9.17) is 9.47 Å². The minimum atomic E-state index is -1.06. The summed E-state index contributed by atoms with van der Waals surface area (Å²) >= 11 is 0. The van der Waals surface area contributed by atoms with Gasteiger partial charge in [-0.05, 0) is 30.5 Å². The normalized spacial score (nSPS) is 10.6. The maximum Gasteiger partial charge on any atom is 0.361 e. The van der Waals surface area contributed by atoms with Crippen molar-refractivity contribution in [3.8, 4) is 11.1 Å². The Bertz CT molecular complexity index is 1080. The summed E-state index contributed by atoms with van der Waals surface area (Å²) in [6.07, 6.45) is 6.93. The molecule has 0 saturated carbocycles. The highest BCUT2D eigenvalue weighted by atomic mass is 16.6. The number of unbranched alkanes of at least 4 members (excludes halogenated alkanes) is 6. The fraction of sp³-hybridized carbons (Fsp3) is 0.462. The smallest absolute Gasteiger partial charge is 0.361 e. The van der Waals surface area contributed by atoms with E-state index in [1.807, 2.05) is 6.92 Å². The Morgan fingerprint density at radius 2 is 1.31 bits per heavy atom. The van der Waals surface area contributed by atoms with Gasteiger partial charge in [0.2, 0.25) is 0 Å². The average molecular weight is 501 g/mol. The van der Waals surface area contributed by atoms with Crippen molar-refractivity contribution < 1.29 is 28.9 Å². The van der Waals surface area contributed by atoms with E-state index in [-0.39, 0.29) is 29.9 Å². The fourth-order valence-corrected chi connectivity index (χ4v) is 3.78. The monoisotopic (exact) mass is 500 g/mol. The number of nitro groups is 2. The quantitative estimate of drug-likeness (QED) is 0.115. The van der Waals surface area contributed by atoms with Crippen molar-refractivity contribution in [1.82, 2.24) is 0 Å². The van der Waals surface area contributed by atoms with Crippen LogP contribution in [0.25, 0.3) is 11.1 Å². The minimum Gasteiger partial charge on any atom is -0.462 e. The number of hydrogen-bond acceptors (Lipinski definition) is 8. The third-order valence-electron chi connectivity index (χ3n) is 5.64. The molecule has 0 N–H and O–H groups in total. The highest BCUT2D eigenvalue weighted by Gasteiger charge is 2.36. The summed E-state index contributed by atoms with van der Waals surface area (Å²) in [6, 6.07) is 8.38. The number of rotatable bonds is 15. The zero-order chi connectivity index (χ0) is 26.5. The van der Waals surface area contributed by atoms with Crippen molar-refractivity contribution in [3.05, 3.63) is 67.8 Å². The second kappa shape index (κ2) is 14.6. The molecular formula is C26H32N2O8. The number of carbonyl (C=O) groups is 2. The molecule has 0 aliphatic rings. The van der Waals surface area contributed by atoms with Gasteiger partial charge in [-0.3, -0.25) is 20.2 Å². The van der Waals surface area contributed by atoms with Crippen LogP contribution < -0.4 is 0 Å². The van der Waals surface area contributed by atoms with Gasteiger partial charge >= 0.3 is 23.3 Å². The molecule has 194 valence electrons. The predicted molar refractivity (Wildman–Crippen MR) is 134 cm³/mol. The highest BCUT2D eigenvalue weighted by Crippen LogP contribution is 2.39. The molecule has 0 radical (unpaired) electrons. The van der Waals surface area contributed by atoms with Crippen LogP contribution in [0.3, 0.4) is 0 Å². The standard InChI is InChI=1S/C26H32N2O8/c1-3-5-7-11-17-35-25(29)21-14-10-9-13-19(21)20-15-16-22(27(31)32)24(28(33)34)23(20)26(30)36-18-12-8-6-4-2/h9-10,13-16H,3-8,11-12,17-18H2,1-2H3. The highest BCUT2D eigenvalue weighted by molar-refractivity contribution is 6.06. The van der Waals surface area contributed by atoms with E-state index in [2.05, 4.69) is 6.92 Å². The zero-order valence-corrected chi connectivity index (χ0v) is 20.7. The molecule has 0 atom stereocenters. The molecule has 36 heavy (non-hydrogen) atoms. The van der Waals surface area contributed by atoms with Gasteiger partial charge in [-0.25, -0.2) is 9.59 Å². The van der Waals surface area contributed by atoms with Crippen LogP contribution in [0.4, 0.5) is 11.4 Å². The first-order valence-corrected chi connectivity index (χ1v) is 12.2. The summed E-state index contributed by atoms with van der Waals surface area (Å²) in [6.45, 7) is 4.32. The first kappa shape index (κ1) is 28.4. The first-order chi connectivity index (χ1) is 17.3. The maximum atomic E-state index is 13.1. The maximum absolute atomic E-state index is 13.1. The van der Waals surface area contributed by atoms with Crippen molar-refractivity contribution >= 4 is 23.3 Å². The molecule has 2 rings (SSSR count). The van der Waals surface area contributed by atoms with Gasteiger partial charge < -0.3 is 9.47 Å². The second-order valence-corrected chi connectivity index (χ2v) is 8.31. The molecule has 10 heteroatoms. The molecule has 10 nitrogen and oxygen atoms in total. The number of ether oxygens (including phenoxy) is 2. The van der Waals surface area contributed by atoms with Gasteiger partial charge in [-0.15, -0.1) is 0 Å². The van der Waals surface area contributed by atoms with Crippen molar-refractivity contribution in [2.24, 2.45) is 0 Å². The zero-order valence-electron chi connectivity index (χ0n) is 20.7. The lowest BCUT2D eigenvalue weighted by Crippen LogP contribution is -2.14. The van der Waals surface area contributed by atoms with Crippen LogP contribution in [-0.2, 0) is 9.47 Å². The molecule has 0 fully saturated rings. The summed E-state index contributed by atoms with van der Waals surface area (Å²) in [4.78, 5) is 47.4. The van der Waals surface area contributed by atoms with Gasteiger partial charge in [0.1, 0.15) is 0 Å². The summed E-state index contributed by atoms with van der Waals surface area (Å²) in [5.74, 6) is -1.71. The Morgan fingerprint density at radius 3 is 1.86 bits per heavy atom. The van der Waals surface area contributed by atoms with Gasteiger partial charge in [-0.1, -0.05) is 70.6 Å². The van der Waals surface area contributed by atoms with E-state index in [1.165, 1.54) is 18.2 Å². The van der Waals surface area contributed by atoms with Crippen molar-refractivity contribution in [2.45, 2.75) is 65.2 Å². The lowest BCUT2D eigenvalue weighted by Gasteiger charge is -2.14. The Labute approximate surface area is 209 Å². The molecule has 2 aromatic carbocycles. The molecule has 0 spiro atoms. The van der Waals surface area contributed by atoms with Crippen molar-refractivity contribution in [1.29, 1.82) is 0 Å². The largest absolute Gasteiger partial charge is 0.462 e. The molecular weight excluding hydrogens is 468 g/mol. The van der Waals surface area contributed by atoms with Crippen LogP contribution in [0, 0.1) is 20.2 Å². The number of carbonyl (C=O) groups excluding carboxylic acids is 2. The summed E-state index contributed by atoms with van der Waals surface area (Å²) < 4.78 is 10.7. The van der Waals surface area contributed by atoms with Crippen LogP contribution in [-0.4, -0.2) is 35.0 Å². The number of nitrogens with zero attached hydrogens (tertiary/aromatic N) is 2. The second-order valence-electron chi connectivity index (χ2n) is 8.31. The molecule has 0 aromatic heterocycles. The molecule has 0 bridgehead atoms. The summed E-state index contributed by atoms with van der Waals surface area (Å²) in [7, 11) is 0. The molecule has 0 aliphatic heterocycles. The Morgan fingerprint density at radius 1 is 0.722 bits per heavy atom. The molecule has 0 amide bonds. The lowest BCUT2D eigenvalue weighted by atomic mass is 9.93. The topological polar surface area (TPSA) is 139 Å². The van der Waals surface area contributed by atoms with Crippen molar-refractivity contribution in [2.75, 3.05) is 13.2 Å². The summed E-state index contributed by atoms with van der Waals surface area (Å²) in [5, 5.41) is 23.4. The van der Waals surface area contributed by atoms with Gasteiger partial charge in [0.15, 0.2) is 5.56 Å². The summed E-state index contributed by atoms with van der Waals surface area (Å²) in [5.41, 5.74) is -2.10. The molecule has 0 saturated heterocycles. The SMILES string of the molecule is CCCCCCOC(=O)c1ccccc1-c1ccc([N+](=O)[O-])c([N+](=O)[O-])c1C(=O)OCCCCCC. The molecule has 0 aliphatic carbocycles. The van der Waals surface area contributed by atoms with E-state index in [0.29, 0.717) is 12.8 Å². The number of esters is 2.